The van der Waals surface area contributed by atoms with Gasteiger partial charge in [0.25, 0.3) is 0 Å². The second-order valence-electron chi connectivity index (χ2n) is 8.93. The first-order valence-corrected chi connectivity index (χ1v) is 13.6. The van der Waals surface area contributed by atoms with Gasteiger partial charge in [-0.15, -0.1) is 11.3 Å². The Morgan fingerprint density at radius 3 is 2.00 bits per heavy atom. The number of pyridine rings is 1. The van der Waals surface area contributed by atoms with E-state index in [1.807, 2.05) is 12.1 Å². The average Bonchev–Trinajstić information content (AvgIpc) is 3.60. The maximum Gasteiger partial charge on any atom is 0.220 e. The Bertz CT molecular complexity index is 1890. The van der Waals surface area contributed by atoms with Crippen LogP contribution in [-0.2, 0) is 0 Å². The highest BCUT2D eigenvalue weighted by atomic mass is 32.1. The van der Waals surface area contributed by atoms with Crippen molar-refractivity contribution >= 4 is 72.8 Å². The normalized spacial score (nSPS) is 10.8. The SMILES string of the molecule is Cc1ccc(N(c2ccc(C)cc2)c2sc(-c3cnc(N=C(C#N)C#N)c4nsnc34)c3ccccc23)cc1. The van der Waals surface area contributed by atoms with Crippen molar-refractivity contribution in [1.82, 2.24) is 13.7 Å². The largest absolute Gasteiger partial charge is 0.301 e. The van der Waals surface area contributed by atoms with Crippen LogP contribution in [0.1, 0.15) is 11.1 Å². The van der Waals surface area contributed by atoms with Gasteiger partial charge in [0.05, 0.1) is 11.7 Å². The van der Waals surface area contributed by atoms with E-state index >= 15 is 0 Å². The Kier molecular flexibility index (Phi) is 6.29. The molecule has 6 rings (SSSR count). The number of nitriles is 2. The fourth-order valence-corrected chi connectivity index (χ4v) is 6.29. The number of hydrogen-bond donors (Lipinski definition) is 0. The summed E-state index contributed by atoms with van der Waals surface area (Å²) in [5.41, 5.74) is 6.17. The lowest BCUT2D eigenvalue weighted by molar-refractivity contribution is 1.29. The predicted octanol–water partition coefficient (Wildman–Crippen LogP) is 8.17. The first-order valence-electron chi connectivity index (χ1n) is 12.0. The van der Waals surface area contributed by atoms with Crippen LogP contribution in [0.4, 0.5) is 22.2 Å². The van der Waals surface area contributed by atoms with Gasteiger partial charge < -0.3 is 4.90 Å². The smallest absolute Gasteiger partial charge is 0.220 e. The van der Waals surface area contributed by atoms with Crippen molar-refractivity contribution in [2.75, 3.05) is 4.90 Å². The number of aliphatic imine (C=N–C) groups is 1. The maximum absolute atomic E-state index is 9.17. The monoisotopic (exact) mass is 541 g/mol. The van der Waals surface area contributed by atoms with Crippen LogP contribution < -0.4 is 4.90 Å². The molecule has 0 amide bonds. The summed E-state index contributed by atoms with van der Waals surface area (Å²) < 4.78 is 8.96. The van der Waals surface area contributed by atoms with Gasteiger partial charge in [-0.2, -0.15) is 19.3 Å². The molecule has 0 atom stereocenters. The molecule has 0 saturated heterocycles. The maximum atomic E-state index is 9.17. The third-order valence-corrected chi connectivity index (χ3v) is 8.10. The molecular formula is C30H19N7S2. The van der Waals surface area contributed by atoms with E-state index in [0.717, 1.165) is 49.3 Å². The van der Waals surface area contributed by atoms with E-state index in [-0.39, 0.29) is 11.5 Å². The van der Waals surface area contributed by atoms with Crippen molar-refractivity contribution in [2.24, 2.45) is 4.99 Å². The number of aromatic nitrogens is 3. The molecule has 0 aliphatic heterocycles. The summed E-state index contributed by atoms with van der Waals surface area (Å²) in [5.74, 6) is 0.211. The van der Waals surface area contributed by atoms with Gasteiger partial charge in [-0.1, -0.05) is 59.7 Å². The van der Waals surface area contributed by atoms with E-state index in [1.54, 1.807) is 29.7 Å². The van der Waals surface area contributed by atoms with Crippen molar-refractivity contribution in [2.45, 2.75) is 13.8 Å². The molecule has 0 unspecified atom stereocenters. The van der Waals surface area contributed by atoms with Crippen molar-refractivity contribution in [3.05, 3.63) is 90.1 Å². The van der Waals surface area contributed by atoms with Crippen LogP contribution in [0.15, 0.2) is 84.0 Å². The van der Waals surface area contributed by atoms with E-state index in [4.69, 9.17) is 10.5 Å². The lowest BCUT2D eigenvalue weighted by Gasteiger charge is -2.24. The van der Waals surface area contributed by atoms with Gasteiger partial charge in [-0.05, 0) is 38.1 Å². The molecule has 0 spiro atoms. The van der Waals surface area contributed by atoms with Crippen molar-refractivity contribution in [3.8, 4) is 22.6 Å². The number of hydrogen-bond acceptors (Lipinski definition) is 9. The second-order valence-corrected chi connectivity index (χ2v) is 10.5. The molecule has 6 aromatic rings. The fourth-order valence-electron chi connectivity index (χ4n) is 4.40. The summed E-state index contributed by atoms with van der Waals surface area (Å²) in [6, 6.07) is 28.9. The summed E-state index contributed by atoms with van der Waals surface area (Å²) in [7, 11) is 0. The molecule has 39 heavy (non-hydrogen) atoms. The fraction of sp³-hybridized carbons (Fsp3) is 0.0667. The van der Waals surface area contributed by atoms with Gasteiger partial charge >= 0.3 is 0 Å². The molecule has 0 aliphatic rings. The van der Waals surface area contributed by atoms with Crippen LogP contribution in [0.25, 0.3) is 32.2 Å². The van der Waals surface area contributed by atoms with Crippen LogP contribution in [-0.4, -0.2) is 19.4 Å². The number of thiophene rings is 1. The Morgan fingerprint density at radius 2 is 1.38 bits per heavy atom. The van der Waals surface area contributed by atoms with Crippen LogP contribution >= 0.6 is 23.1 Å². The van der Waals surface area contributed by atoms with E-state index in [2.05, 4.69) is 98.1 Å². The zero-order valence-electron chi connectivity index (χ0n) is 21.0. The van der Waals surface area contributed by atoms with E-state index in [0.29, 0.717) is 11.0 Å². The zero-order valence-corrected chi connectivity index (χ0v) is 22.6. The average molecular weight is 542 g/mol. The Hall–Kier alpha value is -4.96. The Labute approximate surface area is 232 Å². The highest BCUT2D eigenvalue weighted by Gasteiger charge is 2.23. The van der Waals surface area contributed by atoms with Gasteiger partial charge in [0, 0.05) is 38.8 Å². The quantitative estimate of drug-likeness (QED) is 0.204. The third-order valence-electron chi connectivity index (χ3n) is 6.33. The summed E-state index contributed by atoms with van der Waals surface area (Å²) >= 11 is 2.71. The standard InChI is InChI=1S/C30H19N7S2/c1-18-7-11-21(12-8-18)37(22-13-9-19(2)10-14-22)30-24-6-4-3-5-23(24)28(38-30)25-17-33-29(34-20(15-31)16-32)27-26(25)35-39-36-27/h3-14,17H,1-2H3. The lowest BCUT2D eigenvalue weighted by atomic mass is 10.1. The summed E-state index contributed by atoms with van der Waals surface area (Å²) in [6.45, 7) is 4.17. The van der Waals surface area contributed by atoms with Gasteiger partial charge in [0.15, 0.2) is 5.82 Å². The summed E-state index contributed by atoms with van der Waals surface area (Å²) in [5, 5.41) is 21.6. The first kappa shape index (κ1) is 24.4. The number of nitrogens with zero attached hydrogens (tertiary/aromatic N) is 7. The molecule has 3 aromatic heterocycles. The zero-order chi connectivity index (χ0) is 26.9. The van der Waals surface area contributed by atoms with Crippen LogP contribution in [0.5, 0.6) is 0 Å². The minimum atomic E-state index is -0.278. The number of aryl methyl sites for hydroxylation is 2. The topological polar surface area (TPSA) is 102 Å². The molecule has 0 saturated carbocycles. The molecular weight excluding hydrogens is 523 g/mol. The van der Waals surface area contributed by atoms with Crippen LogP contribution in [0.3, 0.4) is 0 Å². The van der Waals surface area contributed by atoms with Crippen LogP contribution in [0.2, 0.25) is 0 Å². The molecule has 0 N–H and O–H groups in total. The number of benzene rings is 3. The molecule has 0 aliphatic carbocycles. The van der Waals surface area contributed by atoms with Crippen molar-refractivity contribution < 1.29 is 0 Å². The molecule has 3 heterocycles. The predicted molar refractivity (Wildman–Crippen MR) is 159 cm³/mol. The van der Waals surface area contributed by atoms with E-state index in [9.17, 15) is 0 Å². The van der Waals surface area contributed by atoms with Gasteiger partial charge in [-0.25, -0.2) is 9.98 Å². The number of fused-ring (bicyclic) bond motifs is 2. The number of anilines is 3. The third kappa shape index (κ3) is 4.40. The summed E-state index contributed by atoms with van der Waals surface area (Å²) in [4.78, 5) is 11.9. The molecule has 186 valence electrons. The Balaban J connectivity index is 1.60. The molecule has 7 nitrogen and oxygen atoms in total. The van der Waals surface area contributed by atoms with Gasteiger partial charge in [0.1, 0.15) is 28.2 Å². The van der Waals surface area contributed by atoms with Crippen LogP contribution in [0, 0.1) is 36.5 Å². The molecule has 0 radical (unpaired) electrons. The number of rotatable bonds is 5. The minimum absolute atomic E-state index is 0.211. The molecule has 0 fully saturated rings. The Morgan fingerprint density at radius 1 is 0.795 bits per heavy atom. The second kappa shape index (κ2) is 10.1. The van der Waals surface area contributed by atoms with E-state index < -0.39 is 0 Å². The van der Waals surface area contributed by atoms with E-state index in [1.165, 1.54) is 11.1 Å². The minimum Gasteiger partial charge on any atom is -0.301 e. The molecule has 9 heteroatoms. The van der Waals surface area contributed by atoms with Gasteiger partial charge in [-0.3, -0.25) is 0 Å². The van der Waals surface area contributed by atoms with Gasteiger partial charge in [0.2, 0.25) is 5.71 Å². The molecule has 3 aromatic carbocycles. The van der Waals surface area contributed by atoms with Crippen molar-refractivity contribution in [3.63, 3.8) is 0 Å². The van der Waals surface area contributed by atoms with Crippen molar-refractivity contribution in [1.29, 1.82) is 10.5 Å². The lowest BCUT2D eigenvalue weighted by Crippen LogP contribution is -2.08. The highest BCUT2D eigenvalue weighted by molar-refractivity contribution is 7.21. The summed E-state index contributed by atoms with van der Waals surface area (Å²) in [6.07, 6.45) is 1.71. The first-order chi connectivity index (χ1) is 19.1. The molecule has 0 bridgehead atoms. The highest BCUT2D eigenvalue weighted by Crippen LogP contribution is 2.50.